The number of hydrogen-bond acceptors (Lipinski definition) is 2. The Bertz CT molecular complexity index is 27.0. The fourth-order valence-corrected chi connectivity index (χ4v) is 0. The van der Waals surface area contributed by atoms with Gasteiger partial charge >= 0.3 is 6.15 Å². The average molecular weight is 203 g/mol. The summed E-state index contributed by atoms with van der Waals surface area (Å²) in [4.78, 5) is 16.2. The SMILES string of the molecule is O=C=O.[Tb]. The van der Waals surface area contributed by atoms with Gasteiger partial charge in [-0.05, 0) is 0 Å². The molecule has 0 aliphatic rings. The maximum atomic E-state index is 8.12. The average Bonchev–Trinajstić information content (AvgIpc) is 0.918. The molecule has 0 N–H and O–H groups in total. The minimum absolute atomic E-state index is 0. The third-order valence-corrected chi connectivity index (χ3v) is 0. The van der Waals surface area contributed by atoms with Crippen molar-refractivity contribution >= 4 is 6.15 Å². The molecule has 0 aromatic carbocycles. The summed E-state index contributed by atoms with van der Waals surface area (Å²) in [7, 11) is 0. The van der Waals surface area contributed by atoms with Crippen molar-refractivity contribution in [1.29, 1.82) is 0 Å². The van der Waals surface area contributed by atoms with Crippen LogP contribution in [0.4, 0.5) is 0 Å². The summed E-state index contributed by atoms with van der Waals surface area (Å²) in [5.41, 5.74) is 0. The smallest absolute Gasteiger partial charge is 0.186 e. The topological polar surface area (TPSA) is 34.1 Å². The summed E-state index contributed by atoms with van der Waals surface area (Å²) in [6, 6.07) is 0. The van der Waals surface area contributed by atoms with Crippen molar-refractivity contribution < 1.29 is 48.2 Å². The van der Waals surface area contributed by atoms with Crippen molar-refractivity contribution in [1.82, 2.24) is 0 Å². The molecular formula is CO2Tb. The van der Waals surface area contributed by atoms with Crippen LogP contribution in [0.15, 0.2) is 0 Å². The van der Waals surface area contributed by atoms with Gasteiger partial charge in [-0.25, -0.2) is 0 Å². The normalized spacial score (nSPS) is 2.00. The van der Waals surface area contributed by atoms with Crippen LogP contribution >= 0.6 is 0 Å². The monoisotopic (exact) mass is 203 g/mol. The first-order valence-corrected chi connectivity index (χ1v) is 0.408. The molecule has 0 saturated heterocycles. The molecule has 0 aromatic heterocycles. The van der Waals surface area contributed by atoms with Gasteiger partial charge in [0.1, 0.15) is 0 Å². The molecule has 0 atom stereocenters. The van der Waals surface area contributed by atoms with E-state index < -0.39 is 0 Å². The molecular weight excluding hydrogens is 203 g/mol. The van der Waals surface area contributed by atoms with Gasteiger partial charge in [0.25, 0.3) is 0 Å². The van der Waals surface area contributed by atoms with Crippen molar-refractivity contribution in [3.05, 3.63) is 0 Å². The number of hydrogen-bond donors (Lipinski definition) is 0. The molecule has 0 spiro atoms. The minimum atomic E-state index is 0. The Kier molecular flexibility index (Phi) is 20.7. The molecule has 25 valence electrons. The van der Waals surface area contributed by atoms with Crippen LogP contribution < -0.4 is 0 Å². The molecule has 0 saturated carbocycles. The predicted molar refractivity (Wildman–Crippen MR) is 5.01 cm³/mol. The van der Waals surface area contributed by atoms with Gasteiger partial charge in [0.15, 0.2) is 0 Å². The van der Waals surface area contributed by atoms with E-state index in [-0.39, 0.29) is 44.8 Å². The van der Waals surface area contributed by atoms with Crippen LogP contribution in [0.5, 0.6) is 0 Å². The van der Waals surface area contributed by atoms with Crippen LogP contribution in [0.2, 0.25) is 0 Å². The Morgan fingerprint density at radius 2 is 1.25 bits per heavy atom. The zero-order valence-electron chi connectivity index (χ0n) is 1.65. The fourth-order valence-electron chi connectivity index (χ4n) is 0. The van der Waals surface area contributed by atoms with Crippen LogP contribution in [-0.2, 0) is 9.59 Å². The van der Waals surface area contributed by atoms with E-state index in [0.29, 0.717) is 0 Å². The van der Waals surface area contributed by atoms with Crippen LogP contribution in [-0.4, -0.2) is 6.15 Å². The Morgan fingerprint density at radius 1 is 1.25 bits per heavy atom. The van der Waals surface area contributed by atoms with Gasteiger partial charge in [-0.1, -0.05) is 0 Å². The van der Waals surface area contributed by atoms with Crippen LogP contribution in [0.1, 0.15) is 0 Å². The van der Waals surface area contributed by atoms with Gasteiger partial charge in [0.2, 0.25) is 0 Å². The Labute approximate surface area is 54.0 Å². The van der Waals surface area contributed by atoms with Crippen LogP contribution in [0, 0.1) is 38.6 Å². The quantitative estimate of drug-likeness (QED) is 0.527. The van der Waals surface area contributed by atoms with Gasteiger partial charge in [-0.3, -0.25) is 0 Å². The molecule has 0 aromatic rings. The first kappa shape index (κ1) is 8.82. The minimum Gasteiger partial charge on any atom is -0.186 e. The van der Waals surface area contributed by atoms with E-state index >= 15 is 0 Å². The van der Waals surface area contributed by atoms with Crippen molar-refractivity contribution in [2.45, 2.75) is 0 Å². The molecule has 0 rings (SSSR count). The number of rotatable bonds is 0. The molecule has 0 heterocycles. The summed E-state index contributed by atoms with van der Waals surface area (Å²) < 4.78 is 0. The second kappa shape index (κ2) is 9.39. The van der Waals surface area contributed by atoms with E-state index in [0.717, 1.165) is 0 Å². The summed E-state index contributed by atoms with van der Waals surface area (Å²) in [6.07, 6.45) is 0.250. The van der Waals surface area contributed by atoms with E-state index in [9.17, 15) is 0 Å². The predicted octanol–water partition coefficient (Wildman–Crippen LogP) is -0.584. The first-order valence-electron chi connectivity index (χ1n) is 0.408. The van der Waals surface area contributed by atoms with Crippen LogP contribution in [0.3, 0.4) is 0 Å². The standard InChI is InChI=1S/CO2.Tb/c2-1-3;. The van der Waals surface area contributed by atoms with E-state index in [4.69, 9.17) is 9.59 Å². The first-order chi connectivity index (χ1) is 1.41. The van der Waals surface area contributed by atoms with Crippen molar-refractivity contribution in [3.8, 4) is 0 Å². The maximum Gasteiger partial charge on any atom is 0.373 e. The fraction of sp³-hybridized carbons (Fsp3) is 0. The van der Waals surface area contributed by atoms with E-state index in [1.165, 1.54) is 0 Å². The molecule has 4 heavy (non-hydrogen) atoms. The summed E-state index contributed by atoms with van der Waals surface area (Å²) in [5, 5.41) is 0. The third kappa shape index (κ3) is 16.7. The Balaban J connectivity index is 0. The maximum absolute atomic E-state index is 8.12. The molecule has 3 heteroatoms. The summed E-state index contributed by atoms with van der Waals surface area (Å²) >= 11 is 0. The molecule has 0 fully saturated rings. The van der Waals surface area contributed by atoms with Gasteiger partial charge in [0, 0.05) is 38.6 Å². The molecule has 0 amide bonds. The van der Waals surface area contributed by atoms with Crippen molar-refractivity contribution in [2.75, 3.05) is 0 Å². The number of carbonyl (C=O) groups excluding carboxylic acids is 2. The van der Waals surface area contributed by atoms with Gasteiger partial charge in [0.05, 0.1) is 0 Å². The van der Waals surface area contributed by atoms with Crippen LogP contribution in [0.25, 0.3) is 0 Å². The molecule has 0 aliphatic heterocycles. The Hall–Kier alpha value is 0.666. The van der Waals surface area contributed by atoms with E-state index in [1.54, 1.807) is 0 Å². The molecule has 0 unspecified atom stereocenters. The summed E-state index contributed by atoms with van der Waals surface area (Å²) in [5.74, 6) is 0. The zero-order chi connectivity index (χ0) is 2.71. The largest absolute Gasteiger partial charge is 0.373 e. The van der Waals surface area contributed by atoms with Crippen molar-refractivity contribution in [2.24, 2.45) is 0 Å². The van der Waals surface area contributed by atoms with Crippen molar-refractivity contribution in [3.63, 3.8) is 0 Å². The second-order valence-corrected chi connectivity index (χ2v) is 0.0833. The molecule has 1 radical (unpaired) electrons. The third-order valence-electron chi connectivity index (χ3n) is 0. The Morgan fingerprint density at radius 3 is 1.25 bits per heavy atom. The van der Waals surface area contributed by atoms with E-state index in [1.807, 2.05) is 0 Å². The molecule has 0 bridgehead atoms. The van der Waals surface area contributed by atoms with Gasteiger partial charge in [-0.15, -0.1) is 0 Å². The van der Waals surface area contributed by atoms with Gasteiger partial charge in [-0.2, -0.15) is 9.59 Å². The zero-order valence-corrected chi connectivity index (χ0v) is 3.79. The second-order valence-electron chi connectivity index (χ2n) is 0.0833. The molecule has 2 nitrogen and oxygen atoms in total. The van der Waals surface area contributed by atoms with E-state index in [2.05, 4.69) is 0 Å². The molecule has 0 aliphatic carbocycles. The summed E-state index contributed by atoms with van der Waals surface area (Å²) in [6.45, 7) is 0. The van der Waals surface area contributed by atoms with Gasteiger partial charge < -0.3 is 0 Å².